The molecule has 0 fully saturated rings. The van der Waals surface area contributed by atoms with E-state index in [2.05, 4.69) is 69.4 Å². The van der Waals surface area contributed by atoms with Crippen LogP contribution in [-0.2, 0) is 17.6 Å². The van der Waals surface area contributed by atoms with Crippen molar-refractivity contribution in [3.63, 3.8) is 0 Å². The average molecular weight is 519 g/mol. The van der Waals surface area contributed by atoms with Crippen molar-refractivity contribution < 1.29 is 4.79 Å². The number of halogens is 1. The molecule has 0 radical (unpaired) electrons. The number of aromatic amines is 1. The topological polar surface area (TPSA) is 81.3 Å². The van der Waals surface area contributed by atoms with E-state index in [0.717, 1.165) is 24.9 Å². The highest BCUT2D eigenvalue weighted by Gasteiger charge is 2.06. The Hall–Kier alpha value is -2.55. The predicted octanol–water partition coefficient (Wildman–Crippen LogP) is 3.16. The summed E-state index contributed by atoms with van der Waals surface area (Å²) in [4.78, 5) is 19.5. The number of H-pyrrole nitrogens is 1. The lowest BCUT2D eigenvalue weighted by Crippen LogP contribution is -2.44. The molecule has 3 aromatic rings. The number of carbonyl (C=O) groups is 1. The van der Waals surface area contributed by atoms with E-state index in [1.165, 1.54) is 22.1 Å². The summed E-state index contributed by atoms with van der Waals surface area (Å²) < 4.78 is 0. The zero-order valence-corrected chi connectivity index (χ0v) is 19.8. The first kappa shape index (κ1) is 23.7. The van der Waals surface area contributed by atoms with Gasteiger partial charge in [-0.3, -0.25) is 9.79 Å². The second-order valence-corrected chi connectivity index (χ2v) is 7.05. The van der Waals surface area contributed by atoms with Crippen molar-refractivity contribution >= 4 is 46.7 Å². The van der Waals surface area contributed by atoms with Crippen molar-refractivity contribution in [2.45, 2.75) is 19.8 Å². The van der Waals surface area contributed by atoms with E-state index >= 15 is 0 Å². The molecule has 6 nitrogen and oxygen atoms in total. The molecule has 0 aliphatic rings. The van der Waals surface area contributed by atoms with Gasteiger partial charge >= 0.3 is 0 Å². The zero-order chi connectivity index (χ0) is 20.5. The van der Waals surface area contributed by atoms with Crippen molar-refractivity contribution in [1.82, 2.24) is 20.9 Å². The van der Waals surface area contributed by atoms with Gasteiger partial charge in [-0.25, -0.2) is 0 Å². The van der Waals surface area contributed by atoms with Gasteiger partial charge in [-0.2, -0.15) is 0 Å². The normalized spacial score (nSPS) is 11.1. The van der Waals surface area contributed by atoms with Gasteiger partial charge in [0, 0.05) is 37.2 Å². The lowest BCUT2D eigenvalue weighted by Gasteiger charge is -2.12. The molecule has 0 saturated carbocycles. The lowest BCUT2D eigenvalue weighted by molar-refractivity contribution is -0.119. The maximum absolute atomic E-state index is 12.0. The Bertz CT molecular complexity index is 968. The van der Waals surface area contributed by atoms with E-state index in [4.69, 9.17) is 0 Å². The van der Waals surface area contributed by atoms with Crippen molar-refractivity contribution in [1.29, 1.82) is 0 Å². The molecule has 0 aliphatic heterocycles. The van der Waals surface area contributed by atoms with Gasteiger partial charge in [0.2, 0.25) is 5.91 Å². The quantitative estimate of drug-likeness (QED) is 0.210. The van der Waals surface area contributed by atoms with Crippen LogP contribution in [0, 0.1) is 6.92 Å². The first-order valence-electron chi connectivity index (χ1n) is 9.97. The zero-order valence-electron chi connectivity index (χ0n) is 17.5. The van der Waals surface area contributed by atoms with Gasteiger partial charge in [0.1, 0.15) is 0 Å². The predicted molar refractivity (Wildman–Crippen MR) is 135 cm³/mol. The lowest BCUT2D eigenvalue weighted by atomic mass is 10.1. The second-order valence-electron chi connectivity index (χ2n) is 7.05. The summed E-state index contributed by atoms with van der Waals surface area (Å²) in [5, 5.41) is 10.5. The number of aryl methyl sites for hydroxylation is 1. The van der Waals surface area contributed by atoms with Crippen LogP contribution >= 0.6 is 24.0 Å². The number of amides is 1. The number of carbonyl (C=O) groups excluding carboxylic acids is 1. The highest BCUT2D eigenvalue weighted by atomic mass is 127. The third-order valence-electron chi connectivity index (χ3n) is 4.83. The first-order chi connectivity index (χ1) is 14.2. The van der Waals surface area contributed by atoms with Gasteiger partial charge in [0.25, 0.3) is 0 Å². The number of benzene rings is 2. The molecule has 7 heteroatoms. The number of nitrogens with zero attached hydrogens (tertiary/aromatic N) is 1. The molecule has 1 amide bonds. The monoisotopic (exact) mass is 519 g/mol. The summed E-state index contributed by atoms with van der Waals surface area (Å²) in [5.41, 5.74) is 4.89. The molecule has 160 valence electrons. The van der Waals surface area contributed by atoms with Gasteiger partial charge in [0.15, 0.2) is 5.96 Å². The van der Waals surface area contributed by atoms with E-state index in [1.807, 2.05) is 18.2 Å². The van der Waals surface area contributed by atoms with Crippen molar-refractivity contribution in [2.75, 3.05) is 26.7 Å². The Morgan fingerprint density at radius 2 is 1.77 bits per heavy atom. The van der Waals surface area contributed by atoms with Gasteiger partial charge in [-0.15, -0.1) is 24.0 Å². The molecule has 0 atom stereocenters. The molecule has 0 unspecified atom stereocenters. The van der Waals surface area contributed by atoms with Crippen molar-refractivity contribution in [3.8, 4) is 0 Å². The SMILES string of the molecule is CN=C(NCCc1c[nH]c2cc(C)ccc12)NCC(=O)NCCc1ccccc1.I. The fourth-order valence-electron chi connectivity index (χ4n) is 3.26. The fraction of sp³-hybridized carbons (Fsp3) is 0.304. The number of aromatic nitrogens is 1. The minimum atomic E-state index is -0.0455. The van der Waals surface area contributed by atoms with Crippen molar-refractivity contribution in [3.05, 3.63) is 71.4 Å². The molecule has 2 aromatic carbocycles. The summed E-state index contributed by atoms with van der Waals surface area (Å²) >= 11 is 0. The number of hydrogen-bond acceptors (Lipinski definition) is 2. The van der Waals surface area contributed by atoms with Gasteiger partial charge in [-0.05, 0) is 42.5 Å². The van der Waals surface area contributed by atoms with E-state index in [9.17, 15) is 4.79 Å². The first-order valence-corrected chi connectivity index (χ1v) is 9.97. The minimum Gasteiger partial charge on any atom is -0.361 e. The summed E-state index contributed by atoms with van der Waals surface area (Å²) in [6.07, 6.45) is 3.75. The fourth-order valence-corrected chi connectivity index (χ4v) is 3.26. The molecule has 0 aliphatic carbocycles. The summed E-state index contributed by atoms with van der Waals surface area (Å²) in [5.74, 6) is 0.578. The maximum atomic E-state index is 12.0. The summed E-state index contributed by atoms with van der Waals surface area (Å²) in [6.45, 7) is 3.64. The second kappa shape index (κ2) is 12.2. The number of guanidine groups is 1. The average Bonchev–Trinajstić information content (AvgIpc) is 3.13. The largest absolute Gasteiger partial charge is 0.361 e. The Morgan fingerprint density at radius 3 is 2.53 bits per heavy atom. The van der Waals surface area contributed by atoms with E-state index < -0.39 is 0 Å². The van der Waals surface area contributed by atoms with Crippen LogP contribution in [0.3, 0.4) is 0 Å². The number of rotatable bonds is 8. The molecule has 0 spiro atoms. The van der Waals surface area contributed by atoms with E-state index in [0.29, 0.717) is 12.5 Å². The molecular formula is C23H30IN5O. The standard InChI is InChI=1S/C23H29N5O.HI/c1-17-8-9-20-19(15-27-21(20)14-17)11-13-26-23(24-2)28-16-22(29)25-12-10-18-6-4-3-5-7-18;/h3-9,14-15,27H,10-13,16H2,1-2H3,(H,25,29)(H2,24,26,28);1H. The Kier molecular flexibility index (Phi) is 9.66. The number of hydrogen-bond donors (Lipinski definition) is 4. The van der Waals surface area contributed by atoms with E-state index in [1.54, 1.807) is 7.05 Å². The van der Waals surface area contributed by atoms with Crippen LogP contribution in [0.1, 0.15) is 16.7 Å². The third kappa shape index (κ3) is 7.05. The van der Waals surface area contributed by atoms with Gasteiger partial charge < -0.3 is 20.9 Å². The smallest absolute Gasteiger partial charge is 0.239 e. The molecule has 4 N–H and O–H groups in total. The molecular weight excluding hydrogens is 489 g/mol. The summed E-state index contributed by atoms with van der Waals surface area (Å²) in [7, 11) is 1.71. The Morgan fingerprint density at radius 1 is 1.00 bits per heavy atom. The molecule has 30 heavy (non-hydrogen) atoms. The molecule has 1 aromatic heterocycles. The molecule has 0 saturated heterocycles. The number of aliphatic imine (C=N–C) groups is 1. The van der Waals surface area contributed by atoms with Crippen LogP contribution < -0.4 is 16.0 Å². The number of fused-ring (bicyclic) bond motifs is 1. The highest BCUT2D eigenvalue weighted by molar-refractivity contribution is 14.0. The van der Waals surface area contributed by atoms with Crippen LogP contribution in [0.25, 0.3) is 10.9 Å². The van der Waals surface area contributed by atoms with Crippen LogP contribution in [-0.4, -0.2) is 43.5 Å². The molecule has 3 rings (SSSR count). The molecule has 0 bridgehead atoms. The Balaban J connectivity index is 0.00000320. The Labute approximate surface area is 195 Å². The van der Waals surface area contributed by atoms with Crippen LogP contribution in [0.5, 0.6) is 0 Å². The molecule has 1 heterocycles. The van der Waals surface area contributed by atoms with Crippen LogP contribution in [0.15, 0.2) is 59.7 Å². The van der Waals surface area contributed by atoms with Crippen molar-refractivity contribution in [2.24, 2.45) is 4.99 Å². The summed E-state index contributed by atoms with van der Waals surface area (Å²) in [6, 6.07) is 16.6. The minimum absolute atomic E-state index is 0. The van der Waals surface area contributed by atoms with Crippen LogP contribution in [0.2, 0.25) is 0 Å². The third-order valence-corrected chi connectivity index (χ3v) is 4.83. The van der Waals surface area contributed by atoms with Crippen LogP contribution in [0.4, 0.5) is 0 Å². The van der Waals surface area contributed by atoms with E-state index in [-0.39, 0.29) is 36.4 Å². The highest BCUT2D eigenvalue weighted by Crippen LogP contribution is 2.19. The van der Waals surface area contributed by atoms with Gasteiger partial charge in [0.05, 0.1) is 6.54 Å². The number of nitrogens with one attached hydrogen (secondary N) is 4. The van der Waals surface area contributed by atoms with Gasteiger partial charge in [-0.1, -0.05) is 42.5 Å². The maximum Gasteiger partial charge on any atom is 0.239 e.